The van der Waals surface area contributed by atoms with Crippen molar-refractivity contribution >= 4 is 16.0 Å². The first kappa shape index (κ1) is 15.8. The van der Waals surface area contributed by atoms with Crippen molar-refractivity contribution in [3.63, 3.8) is 0 Å². The van der Waals surface area contributed by atoms with Crippen molar-refractivity contribution in [2.45, 2.75) is 30.1 Å². The van der Waals surface area contributed by atoms with Gasteiger partial charge in [-0.25, -0.2) is 22.9 Å². The van der Waals surface area contributed by atoms with Gasteiger partial charge in [-0.1, -0.05) is 0 Å². The van der Waals surface area contributed by atoms with Crippen LogP contribution in [-0.2, 0) is 14.8 Å². The zero-order valence-electron chi connectivity index (χ0n) is 11.3. The number of carboxylic acids is 1. The maximum Gasteiger partial charge on any atom is 0.337 e. The highest BCUT2D eigenvalue weighted by atomic mass is 32.2. The fourth-order valence-electron chi connectivity index (χ4n) is 1.96. The Bertz CT molecular complexity index is 630. The van der Waals surface area contributed by atoms with E-state index in [1.165, 1.54) is 0 Å². The van der Waals surface area contributed by atoms with Crippen LogP contribution in [0.15, 0.2) is 23.4 Å². The molecule has 3 N–H and O–H groups in total. The molecule has 116 valence electrons. The number of nitrogens with one attached hydrogen (secondary N) is 1. The normalized spacial score (nSPS) is 25.9. The second kappa shape index (κ2) is 5.68. The van der Waals surface area contributed by atoms with Gasteiger partial charge < -0.3 is 14.9 Å². The first-order valence-corrected chi connectivity index (χ1v) is 7.76. The van der Waals surface area contributed by atoms with Gasteiger partial charge in [0.05, 0.1) is 11.7 Å². The fourth-order valence-corrected chi connectivity index (χ4v) is 2.99. The largest absolute Gasteiger partial charge is 0.478 e. The van der Waals surface area contributed by atoms with Gasteiger partial charge in [-0.2, -0.15) is 0 Å². The van der Waals surface area contributed by atoms with Crippen LogP contribution >= 0.6 is 0 Å². The van der Waals surface area contributed by atoms with Crippen LogP contribution < -0.4 is 4.72 Å². The number of pyridine rings is 1. The molecule has 1 aliphatic rings. The molecule has 1 aromatic heterocycles. The molecule has 0 bridgehead atoms. The summed E-state index contributed by atoms with van der Waals surface area (Å²) in [6, 6.07) is 2.25. The molecule has 0 saturated carbocycles. The number of rotatable bonds is 5. The predicted molar refractivity (Wildman–Crippen MR) is 71.4 cm³/mol. The summed E-state index contributed by atoms with van der Waals surface area (Å²) in [5.74, 6) is -1.19. The minimum absolute atomic E-state index is 0.106. The standard InChI is InChI=1S/C12H16N2O6S/c1-8-12(17,4-5-20-8)7-14-21(18,19)10-3-2-9(6-13-10)11(15)16/h2-3,6,8,14,17H,4-5,7H2,1H3,(H,15,16). The van der Waals surface area contributed by atoms with Gasteiger partial charge in [0.1, 0.15) is 5.60 Å². The molecule has 1 saturated heterocycles. The van der Waals surface area contributed by atoms with E-state index in [9.17, 15) is 18.3 Å². The van der Waals surface area contributed by atoms with Crippen molar-refractivity contribution in [3.05, 3.63) is 23.9 Å². The lowest BCUT2D eigenvalue weighted by molar-refractivity contribution is -0.0228. The molecule has 0 amide bonds. The van der Waals surface area contributed by atoms with Gasteiger partial charge in [-0.15, -0.1) is 0 Å². The van der Waals surface area contributed by atoms with Crippen molar-refractivity contribution in [1.82, 2.24) is 9.71 Å². The molecule has 0 aromatic carbocycles. The number of hydrogen-bond acceptors (Lipinski definition) is 6. The van der Waals surface area contributed by atoms with E-state index in [0.29, 0.717) is 13.0 Å². The van der Waals surface area contributed by atoms with Crippen LogP contribution in [0.3, 0.4) is 0 Å². The molecule has 8 nitrogen and oxygen atoms in total. The summed E-state index contributed by atoms with van der Waals surface area (Å²) >= 11 is 0. The summed E-state index contributed by atoms with van der Waals surface area (Å²) in [6.45, 7) is 1.84. The third kappa shape index (κ3) is 3.38. The summed E-state index contributed by atoms with van der Waals surface area (Å²) < 4.78 is 31.6. The molecule has 9 heteroatoms. The molecule has 0 spiro atoms. The monoisotopic (exact) mass is 316 g/mol. The van der Waals surface area contributed by atoms with Crippen molar-refractivity contribution < 1.29 is 28.2 Å². The molecule has 2 rings (SSSR count). The third-order valence-electron chi connectivity index (χ3n) is 3.49. The van der Waals surface area contributed by atoms with E-state index in [1.807, 2.05) is 0 Å². The Hall–Kier alpha value is -1.55. The number of carboxylic acid groups (broad SMARTS) is 1. The Kier molecular flexibility index (Phi) is 4.28. The SMILES string of the molecule is CC1OCCC1(O)CNS(=O)(=O)c1ccc(C(=O)O)cn1. The van der Waals surface area contributed by atoms with E-state index in [2.05, 4.69) is 9.71 Å². The molecule has 0 radical (unpaired) electrons. The highest BCUT2D eigenvalue weighted by Crippen LogP contribution is 2.25. The van der Waals surface area contributed by atoms with Crippen LogP contribution in [-0.4, -0.2) is 54.4 Å². The van der Waals surface area contributed by atoms with Crippen LogP contribution in [0, 0.1) is 0 Å². The van der Waals surface area contributed by atoms with Crippen LogP contribution in [0.4, 0.5) is 0 Å². The molecule has 0 aliphatic carbocycles. The molecule has 2 unspecified atom stereocenters. The minimum Gasteiger partial charge on any atom is -0.478 e. The maximum atomic E-state index is 12.0. The molecule has 1 aliphatic heterocycles. The number of aromatic nitrogens is 1. The summed E-state index contributed by atoms with van der Waals surface area (Å²) in [4.78, 5) is 14.3. The van der Waals surface area contributed by atoms with Gasteiger partial charge in [0.15, 0.2) is 5.03 Å². The van der Waals surface area contributed by atoms with Gasteiger partial charge in [-0.3, -0.25) is 0 Å². The molecule has 2 heterocycles. The average Bonchev–Trinajstić information content (AvgIpc) is 2.77. The van der Waals surface area contributed by atoms with E-state index >= 15 is 0 Å². The van der Waals surface area contributed by atoms with Gasteiger partial charge in [0, 0.05) is 25.8 Å². The van der Waals surface area contributed by atoms with Gasteiger partial charge in [0.2, 0.25) is 0 Å². The van der Waals surface area contributed by atoms with Crippen LogP contribution in [0.25, 0.3) is 0 Å². The minimum atomic E-state index is -3.92. The quantitative estimate of drug-likeness (QED) is 0.674. The van der Waals surface area contributed by atoms with Crippen molar-refractivity contribution in [1.29, 1.82) is 0 Å². The van der Waals surface area contributed by atoms with Crippen LogP contribution in [0.1, 0.15) is 23.7 Å². The van der Waals surface area contributed by atoms with E-state index in [0.717, 1.165) is 18.3 Å². The van der Waals surface area contributed by atoms with Crippen molar-refractivity contribution in [2.75, 3.05) is 13.2 Å². The molecule has 21 heavy (non-hydrogen) atoms. The average molecular weight is 316 g/mol. The fraction of sp³-hybridized carbons (Fsp3) is 0.500. The number of hydrogen-bond donors (Lipinski definition) is 3. The summed E-state index contributed by atoms with van der Waals surface area (Å²) in [5.41, 5.74) is -1.36. The number of nitrogens with zero attached hydrogens (tertiary/aromatic N) is 1. The summed E-state index contributed by atoms with van der Waals surface area (Å²) in [7, 11) is -3.92. The van der Waals surface area contributed by atoms with Crippen molar-refractivity contribution in [2.24, 2.45) is 0 Å². The van der Waals surface area contributed by atoms with Gasteiger partial charge in [0.25, 0.3) is 10.0 Å². The Balaban J connectivity index is 2.10. The number of ether oxygens (including phenoxy) is 1. The van der Waals surface area contributed by atoms with Crippen LogP contribution in [0.2, 0.25) is 0 Å². The van der Waals surface area contributed by atoms with E-state index in [4.69, 9.17) is 9.84 Å². The van der Waals surface area contributed by atoms with Gasteiger partial charge in [-0.05, 0) is 19.1 Å². The number of carbonyl (C=O) groups is 1. The molecule has 2 atom stereocenters. The summed E-state index contributed by atoms with van der Waals surface area (Å²) in [5, 5.41) is 18.7. The lowest BCUT2D eigenvalue weighted by atomic mass is 9.97. The Morgan fingerprint density at radius 2 is 2.29 bits per heavy atom. The highest BCUT2D eigenvalue weighted by molar-refractivity contribution is 7.89. The Labute approximate surface area is 121 Å². The lowest BCUT2D eigenvalue weighted by Crippen LogP contribution is -2.47. The van der Waals surface area contributed by atoms with E-state index in [-0.39, 0.29) is 17.1 Å². The Morgan fingerprint density at radius 3 is 2.76 bits per heavy atom. The topological polar surface area (TPSA) is 126 Å². The lowest BCUT2D eigenvalue weighted by Gasteiger charge is -2.25. The molecular formula is C12H16N2O6S. The van der Waals surface area contributed by atoms with E-state index in [1.54, 1.807) is 6.92 Å². The van der Waals surface area contributed by atoms with Gasteiger partial charge >= 0.3 is 5.97 Å². The predicted octanol–water partition coefficient (Wildman–Crippen LogP) is -0.402. The second-order valence-corrected chi connectivity index (χ2v) is 6.60. The number of aliphatic hydroxyl groups is 1. The molecule has 1 aromatic rings. The third-order valence-corrected chi connectivity index (χ3v) is 4.80. The van der Waals surface area contributed by atoms with E-state index < -0.39 is 27.7 Å². The zero-order valence-corrected chi connectivity index (χ0v) is 12.1. The first-order chi connectivity index (χ1) is 9.74. The Morgan fingerprint density at radius 1 is 1.57 bits per heavy atom. The highest BCUT2D eigenvalue weighted by Gasteiger charge is 2.40. The maximum absolute atomic E-state index is 12.0. The molecule has 1 fully saturated rings. The number of aromatic carboxylic acids is 1. The van der Waals surface area contributed by atoms with Crippen molar-refractivity contribution in [3.8, 4) is 0 Å². The summed E-state index contributed by atoms with van der Waals surface area (Å²) in [6.07, 6.45) is 0.831. The second-order valence-electron chi connectivity index (χ2n) is 4.88. The smallest absolute Gasteiger partial charge is 0.337 e. The van der Waals surface area contributed by atoms with Crippen LogP contribution in [0.5, 0.6) is 0 Å². The first-order valence-electron chi connectivity index (χ1n) is 6.28. The molecular weight excluding hydrogens is 300 g/mol. The zero-order chi connectivity index (χ0) is 15.7. The number of sulfonamides is 1.